The van der Waals surface area contributed by atoms with E-state index in [0.717, 1.165) is 11.1 Å². The molecule has 0 unspecified atom stereocenters. The SMILES string of the molecule is NCc1cnc(/C(N)=N/[C@H]2Cc3cccc(C(=O)O)c3OB2O)cc1CN. The molecule has 0 bridgehead atoms. The summed E-state index contributed by atoms with van der Waals surface area (Å²) in [6.07, 6.45) is 1.88. The molecule has 1 aromatic heterocycles. The van der Waals surface area contributed by atoms with Gasteiger partial charge >= 0.3 is 13.1 Å². The van der Waals surface area contributed by atoms with Crippen LogP contribution < -0.4 is 21.9 Å². The summed E-state index contributed by atoms with van der Waals surface area (Å²) < 4.78 is 5.41. The average molecular weight is 369 g/mol. The summed E-state index contributed by atoms with van der Waals surface area (Å²) in [5.74, 6) is -1.55. The van der Waals surface area contributed by atoms with Gasteiger partial charge in [-0.05, 0) is 35.2 Å². The average Bonchev–Trinajstić information content (AvgIpc) is 2.67. The Morgan fingerprint density at radius 1 is 1.33 bits per heavy atom. The quantitative estimate of drug-likeness (QED) is 0.265. The molecule has 1 aliphatic heterocycles. The standard InChI is InChI=1S/C17H20BN5O4/c19-6-10-4-13(22-8-11(10)7-20)16(21)23-14-5-9-2-1-3-12(17(24)25)15(9)27-18(14)26/h1-4,8,14,26H,5-7,19-20H2,(H2,21,23)(H,24,25)/t14-/m0/s1. The minimum absolute atomic E-state index is 0.00595. The zero-order chi connectivity index (χ0) is 19.6. The Morgan fingerprint density at radius 2 is 2.07 bits per heavy atom. The fraction of sp³-hybridized carbons (Fsp3) is 0.235. The number of nitrogens with two attached hydrogens (primary N) is 3. The van der Waals surface area contributed by atoms with E-state index in [1.807, 2.05) is 0 Å². The lowest BCUT2D eigenvalue weighted by atomic mass is 9.72. The van der Waals surface area contributed by atoms with E-state index in [0.29, 0.717) is 17.8 Å². The molecule has 9 nitrogen and oxygen atoms in total. The van der Waals surface area contributed by atoms with Crippen LogP contribution in [0, 0.1) is 0 Å². The molecule has 140 valence electrons. The molecular formula is C17H20BN5O4. The fourth-order valence-corrected chi connectivity index (χ4v) is 2.97. The summed E-state index contributed by atoms with van der Waals surface area (Å²) in [5, 5.41) is 19.5. The minimum Gasteiger partial charge on any atom is -0.534 e. The number of amidine groups is 1. The van der Waals surface area contributed by atoms with Crippen LogP contribution in [0.4, 0.5) is 0 Å². The van der Waals surface area contributed by atoms with Crippen molar-refractivity contribution in [1.82, 2.24) is 4.98 Å². The second-order valence-electron chi connectivity index (χ2n) is 6.14. The van der Waals surface area contributed by atoms with E-state index >= 15 is 0 Å². The number of carboxylic acid groups (broad SMARTS) is 1. The molecule has 0 amide bonds. The number of carboxylic acids is 1. The number of pyridine rings is 1. The van der Waals surface area contributed by atoms with Gasteiger partial charge in [0.15, 0.2) is 0 Å². The van der Waals surface area contributed by atoms with Crippen LogP contribution in [0.1, 0.15) is 32.7 Å². The second-order valence-corrected chi connectivity index (χ2v) is 6.14. The monoisotopic (exact) mass is 369 g/mol. The Morgan fingerprint density at radius 3 is 2.74 bits per heavy atom. The highest BCUT2D eigenvalue weighted by atomic mass is 16.5. The van der Waals surface area contributed by atoms with Gasteiger partial charge < -0.3 is 32.0 Å². The highest BCUT2D eigenvalue weighted by molar-refractivity contribution is 6.47. The molecular weight excluding hydrogens is 349 g/mol. The molecule has 0 spiro atoms. The lowest BCUT2D eigenvalue weighted by Crippen LogP contribution is -2.43. The van der Waals surface area contributed by atoms with Crippen LogP contribution in [0.3, 0.4) is 0 Å². The minimum atomic E-state index is -1.33. The molecule has 10 heteroatoms. The van der Waals surface area contributed by atoms with Crippen LogP contribution >= 0.6 is 0 Å². The van der Waals surface area contributed by atoms with E-state index in [2.05, 4.69) is 9.98 Å². The lowest BCUT2D eigenvalue weighted by molar-refractivity contribution is 0.0694. The number of fused-ring (bicyclic) bond motifs is 1. The molecule has 2 aromatic rings. The first-order chi connectivity index (χ1) is 12.9. The Balaban J connectivity index is 1.89. The number of benzene rings is 1. The van der Waals surface area contributed by atoms with Crippen LogP contribution in [0.5, 0.6) is 5.75 Å². The lowest BCUT2D eigenvalue weighted by Gasteiger charge is -2.26. The number of nitrogens with zero attached hydrogens (tertiary/aromatic N) is 2. The topological polar surface area (TPSA) is 170 Å². The first-order valence-electron chi connectivity index (χ1n) is 8.36. The number of para-hydroxylation sites is 1. The van der Waals surface area contributed by atoms with Gasteiger partial charge in [0.1, 0.15) is 23.2 Å². The number of hydrogen-bond donors (Lipinski definition) is 5. The third-order valence-corrected chi connectivity index (χ3v) is 4.41. The van der Waals surface area contributed by atoms with E-state index in [1.165, 1.54) is 6.07 Å². The largest absolute Gasteiger partial charge is 0.549 e. The summed E-state index contributed by atoms with van der Waals surface area (Å²) in [4.78, 5) is 19.9. The molecule has 27 heavy (non-hydrogen) atoms. The first-order valence-corrected chi connectivity index (χ1v) is 8.36. The van der Waals surface area contributed by atoms with E-state index < -0.39 is 19.0 Å². The van der Waals surface area contributed by atoms with Crippen molar-refractivity contribution in [1.29, 1.82) is 0 Å². The predicted octanol–water partition coefficient (Wildman–Crippen LogP) is -0.574. The van der Waals surface area contributed by atoms with Gasteiger partial charge in [0.25, 0.3) is 0 Å². The van der Waals surface area contributed by atoms with Gasteiger partial charge in [-0.1, -0.05) is 12.1 Å². The van der Waals surface area contributed by atoms with Crippen molar-refractivity contribution < 1.29 is 19.6 Å². The second kappa shape index (κ2) is 7.74. The third kappa shape index (κ3) is 3.77. The van der Waals surface area contributed by atoms with Gasteiger partial charge in [0.05, 0.1) is 5.56 Å². The highest BCUT2D eigenvalue weighted by Crippen LogP contribution is 2.31. The summed E-state index contributed by atoms with van der Waals surface area (Å²) in [7, 11) is -1.33. The summed E-state index contributed by atoms with van der Waals surface area (Å²) >= 11 is 0. The number of aromatic carboxylic acids is 1. The summed E-state index contributed by atoms with van der Waals surface area (Å²) in [5.41, 5.74) is 20.1. The fourth-order valence-electron chi connectivity index (χ4n) is 2.97. The van der Waals surface area contributed by atoms with Gasteiger partial charge in [-0.15, -0.1) is 0 Å². The summed E-state index contributed by atoms with van der Waals surface area (Å²) in [6, 6.07) is 6.48. The van der Waals surface area contributed by atoms with Crippen molar-refractivity contribution in [3.8, 4) is 5.75 Å². The van der Waals surface area contributed by atoms with Gasteiger partial charge in [0, 0.05) is 19.3 Å². The molecule has 1 aromatic carbocycles. The maximum absolute atomic E-state index is 11.3. The van der Waals surface area contributed by atoms with E-state index in [-0.39, 0.29) is 30.1 Å². The van der Waals surface area contributed by atoms with E-state index in [4.69, 9.17) is 21.9 Å². The third-order valence-electron chi connectivity index (χ3n) is 4.41. The van der Waals surface area contributed by atoms with Crippen molar-refractivity contribution in [2.75, 3.05) is 0 Å². The highest BCUT2D eigenvalue weighted by Gasteiger charge is 2.37. The molecule has 2 heterocycles. The molecule has 3 rings (SSSR count). The Kier molecular flexibility index (Phi) is 5.40. The van der Waals surface area contributed by atoms with Crippen LogP contribution in [-0.2, 0) is 19.5 Å². The van der Waals surface area contributed by atoms with Crippen molar-refractivity contribution >= 4 is 18.9 Å². The van der Waals surface area contributed by atoms with Crippen LogP contribution in [0.25, 0.3) is 0 Å². The number of carbonyl (C=O) groups is 1. The zero-order valence-corrected chi connectivity index (χ0v) is 14.5. The van der Waals surface area contributed by atoms with E-state index in [1.54, 1.807) is 24.4 Å². The van der Waals surface area contributed by atoms with Crippen molar-refractivity contribution in [3.63, 3.8) is 0 Å². The van der Waals surface area contributed by atoms with Crippen molar-refractivity contribution in [3.05, 3.63) is 58.4 Å². The molecule has 0 aliphatic carbocycles. The van der Waals surface area contributed by atoms with Gasteiger partial charge in [-0.3, -0.25) is 9.98 Å². The molecule has 0 fully saturated rings. The molecule has 0 saturated heterocycles. The van der Waals surface area contributed by atoms with Crippen LogP contribution in [0.2, 0.25) is 0 Å². The molecule has 0 radical (unpaired) electrons. The van der Waals surface area contributed by atoms with E-state index in [9.17, 15) is 14.9 Å². The smallest absolute Gasteiger partial charge is 0.534 e. The summed E-state index contributed by atoms with van der Waals surface area (Å²) in [6.45, 7) is 0.602. The normalized spacial score (nSPS) is 16.6. The molecule has 8 N–H and O–H groups in total. The molecule has 1 aliphatic rings. The molecule has 0 saturated carbocycles. The van der Waals surface area contributed by atoms with Crippen LogP contribution in [0.15, 0.2) is 35.5 Å². The Hall–Kier alpha value is -2.95. The van der Waals surface area contributed by atoms with Crippen molar-refractivity contribution in [2.24, 2.45) is 22.2 Å². The van der Waals surface area contributed by atoms with Gasteiger partial charge in [-0.25, -0.2) is 4.79 Å². The maximum Gasteiger partial charge on any atom is 0.549 e. The van der Waals surface area contributed by atoms with Gasteiger partial charge in [0.2, 0.25) is 0 Å². The number of rotatable bonds is 5. The number of aliphatic imine (C=N–C) groups is 1. The first kappa shape index (κ1) is 18.8. The maximum atomic E-state index is 11.3. The Labute approximate surface area is 156 Å². The predicted molar refractivity (Wildman–Crippen MR) is 100 cm³/mol. The zero-order valence-electron chi connectivity index (χ0n) is 14.5. The number of hydrogen-bond acceptors (Lipinski definition) is 7. The Bertz CT molecular complexity index is 905. The van der Waals surface area contributed by atoms with Crippen molar-refractivity contribution in [2.45, 2.75) is 25.5 Å². The van der Waals surface area contributed by atoms with Gasteiger partial charge in [-0.2, -0.15) is 0 Å². The molecule has 1 atom stereocenters. The van der Waals surface area contributed by atoms with Crippen LogP contribution in [-0.4, -0.2) is 40.0 Å². The number of aromatic nitrogens is 1.